The smallest absolute Gasteiger partial charge is 0.319 e. The Morgan fingerprint density at radius 2 is 1.74 bits per heavy atom. The number of nitrogens with zero attached hydrogens (tertiary/aromatic N) is 5. The van der Waals surface area contributed by atoms with Crippen molar-refractivity contribution < 1.29 is 23.7 Å². The zero-order valence-corrected chi connectivity index (χ0v) is 19.9. The summed E-state index contributed by atoms with van der Waals surface area (Å²) < 4.78 is 28.4. The second-order valence-electron chi connectivity index (χ2n) is 7.96. The third-order valence-corrected chi connectivity index (χ3v) is 8.17. The van der Waals surface area contributed by atoms with Gasteiger partial charge < -0.3 is 20.2 Å². The molecule has 1 aliphatic heterocycles. The molecule has 1 saturated heterocycles. The average molecular weight is 506 g/mol. The number of aromatic nitrogens is 3. The van der Waals surface area contributed by atoms with E-state index in [0.717, 1.165) is 12.1 Å². The molecule has 0 bridgehead atoms. The number of likely N-dealkylation sites (N-methyl/N-ethyl adjacent to an activating group) is 1. The Balaban J connectivity index is 1.84. The van der Waals surface area contributed by atoms with Gasteiger partial charge in [-0.15, -0.1) is 11.7 Å². The van der Waals surface area contributed by atoms with Crippen molar-refractivity contribution in [3.05, 3.63) is 54.1 Å². The molecule has 0 amide bonds. The molecule has 1 unspecified atom stereocenters. The molecule has 180 valence electrons. The van der Waals surface area contributed by atoms with Crippen LogP contribution in [0.4, 0.5) is 0 Å². The molecule has 2 heterocycles. The predicted octanol–water partition coefficient (Wildman–Crippen LogP) is 2.24. The molecule has 2 aromatic carbocycles. The zero-order chi connectivity index (χ0) is 24.6. The van der Waals surface area contributed by atoms with Crippen LogP contribution < -0.4 is 0 Å². The van der Waals surface area contributed by atoms with E-state index < -0.39 is 37.6 Å². The molecular weight excluding hydrogens is 482 g/mol. The van der Waals surface area contributed by atoms with Gasteiger partial charge in [-0.05, 0) is 25.2 Å². The van der Waals surface area contributed by atoms with Crippen LogP contribution in [0.5, 0.6) is 17.5 Å². The van der Waals surface area contributed by atoms with Crippen LogP contribution in [0.3, 0.4) is 0 Å². The van der Waals surface area contributed by atoms with Crippen molar-refractivity contribution in [1.29, 1.82) is 0 Å². The zero-order valence-electron chi connectivity index (χ0n) is 18.3. The molecule has 4 rings (SSSR count). The van der Waals surface area contributed by atoms with Crippen LogP contribution in [-0.2, 0) is 9.84 Å². The third-order valence-electron chi connectivity index (χ3n) is 5.78. The molecule has 12 heteroatoms. The standard InChI is InChI=1S/C22H24ClN5O5S/c1-3-20(27-10-8-26(2)9-11-27)34(32,33)19-12-14(17(29)13-18(19)30)21-24-25-22(31)28(21)16-7-5-4-6-15(16)23/h3-7,12-13,20,29-30H,1,8-11H2,2H3,(H,25,31). The highest BCUT2D eigenvalue weighted by atomic mass is 35.5. The summed E-state index contributed by atoms with van der Waals surface area (Å²) in [6.45, 7) is 6.09. The number of hydrogen-bond acceptors (Lipinski definition) is 9. The predicted molar refractivity (Wildman–Crippen MR) is 127 cm³/mol. The molecule has 1 aliphatic rings. The number of para-hydroxylation sites is 1. The number of halogens is 1. The minimum atomic E-state index is -4.14. The second-order valence-corrected chi connectivity index (χ2v) is 10.4. The Kier molecular flexibility index (Phi) is 6.54. The SMILES string of the molecule is C=CC(N1CCN(C)CC1)S(=O)(=O)c1cc(-c2nnc(O)n2-c2ccccc2Cl)c(O)cc1O. The highest BCUT2D eigenvalue weighted by Gasteiger charge is 2.35. The molecule has 1 fully saturated rings. The van der Waals surface area contributed by atoms with Crippen LogP contribution in [0.25, 0.3) is 17.1 Å². The summed E-state index contributed by atoms with van der Waals surface area (Å²) in [6.07, 6.45) is 1.32. The number of hydrogen-bond donors (Lipinski definition) is 3. The summed E-state index contributed by atoms with van der Waals surface area (Å²) >= 11 is 6.27. The molecule has 0 spiro atoms. The first kappa shape index (κ1) is 24.0. The summed E-state index contributed by atoms with van der Waals surface area (Å²) in [5.41, 5.74) is 0.255. The molecule has 0 aliphatic carbocycles. The maximum atomic E-state index is 13.6. The molecule has 10 nitrogen and oxygen atoms in total. The summed E-state index contributed by atoms with van der Waals surface area (Å²) in [4.78, 5) is 3.46. The van der Waals surface area contributed by atoms with E-state index in [9.17, 15) is 23.7 Å². The molecule has 3 aromatic rings. The minimum Gasteiger partial charge on any atom is -0.507 e. The maximum absolute atomic E-state index is 13.6. The van der Waals surface area contributed by atoms with Gasteiger partial charge in [0, 0.05) is 32.2 Å². The summed E-state index contributed by atoms with van der Waals surface area (Å²) in [6, 6.07) is 8.10. The average Bonchev–Trinajstić information content (AvgIpc) is 3.16. The highest BCUT2D eigenvalue weighted by molar-refractivity contribution is 7.92. The minimum absolute atomic E-state index is 0.0608. The van der Waals surface area contributed by atoms with E-state index in [1.54, 1.807) is 29.2 Å². The van der Waals surface area contributed by atoms with Crippen LogP contribution in [0, 0.1) is 0 Å². The quantitative estimate of drug-likeness (QED) is 0.431. The van der Waals surface area contributed by atoms with Gasteiger partial charge in [0.25, 0.3) is 0 Å². The second kappa shape index (κ2) is 9.26. The lowest BCUT2D eigenvalue weighted by atomic mass is 10.1. The molecule has 0 saturated carbocycles. The van der Waals surface area contributed by atoms with Crippen LogP contribution >= 0.6 is 11.6 Å². The lowest BCUT2D eigenvalue weighted by molar-refractivity contribution is 0.154. The summed E-state index contributed by atoms with van der Waals surface area (Å²) in [7, 11) is -2.19. The number of sulfone groups is 1. The third kappa shape index (κ3) is 4.23. The fraction of sp³-hybridized carbons (Fsp3) is 0.273. The van der Waals surface area contributed by atoms with Crippen molar-refractivity contribution in [3.8, 4) is 34.6 Å². The molecular formula is C22H24ClN5O5S. The van der Waals surface area contributed by atoms with E-state index in [-0.39, 0.29) is 16.4 Å². The van der Waals surface area contributed by atoms with Gasteiger partial charge in [0.2, 0.25) is 9.84 Å². The van der Waals surface area contributed by atoms with Gasteiger partial charge in [0.1, 0.15) is 21.8 Å². The van der Waals surface area contributed by atoms with Crippen molar-refractivity contribution in [2.24, 2.45) is 0 Å². The van der Waals surface area contributed by atoms with Crippen LogP contribution in [0.1, 0.15) is 0 Å². The van der Waals surface area contributed by atoms with E-state index >= 15 is 0 Å². The molecule has 1 atom stereocenters. The fourth-order valence-corrected chi connectivity index (χ4v) is 5.92. The Morgan fingerprint density at radius 1 is 1.06 bits per heavy atom. The number of aromatic hydroxyl groups is 3. The van der Waals surface area contributed by atoms with Gasteiger partial charge in [0.05, 0.1) is 16.3 Å². The lowest BCUT2D eigenvalue weighted by Crippen LogP contribution is -2.50. The lowest BCUT2D eigenvalue weighted by Gasteiger charge is -2.36. The molecule has 34 heavy (non-hydrogen) atoms. The van der Waals surface area contributed by atoms with Gasteiger partial charge in [0.15, 0.2) is 5.82 Å². The maximum Gasteiger partial charge on any atom is 0.319 e. The molecule has 1 aromatic heterocycles. The number of piperazine rings is 1. The van der Waals surface area contributed by atoms with Gasteiger partial charge in [-0.3, -0.25) is 4.90 Å². The number of phenols is 2. The highest BCUT2D eigenvalue weighted by Crippen LogP contribution is 2.40. The first-order valence-corrected chi connectivity index (χ1v) is 12.3. The monoisotopic (exact) mass is 505 g/mol. The van der Waals surface area contributed by atoms with E-state index in [1.165, 1.54) is 10.6 Å². The topological polar surface area (TPSA) is 132 Å². The number of phenolic OH excluding ortho intramolecular Hbond substituents is 2. The van der Waals surface area contributed by atoms with E-state index in [0.29, 0.717) is 31.9 Å². The van der Waals surface area contributed by atoms with Crippen molar-refractivity contribution in [1.82, 2.24) is 24.6 Å². The van der Waals surface area contributed by atoms with Crippen LogP contribution in [0.2, 0.25) is 5.02 Å². The van der Waals surface area contributed by atoms with Crippen LogP contribution in [0.15, 0.2) is 53.9 Å². The Bertz CT molecular complexity index is 1340. The largest absolute Gasteiger partial charge is 0.507 e. The van der Waals surface area contributed by atoms with Gasteiger partial charge in [-0.2, -0.15) is 0 Å². The first-order chi connectivity index (χ1) is 16.1. The summed E-state index contributed by atoms with van der Waals surface area (Å²) in [5.74, 6) is -1.13. The van der Waals surface area contributed by atoms with Crippen molar-refractivity contribution in [3.63, 3.8) is 0 Å². The molecule has 3 N–H and O–H groups in total. The van der Waals surface area contributed by atoms with Gasteiger partial charge in [-0.1, -0.05) is 34.9 Å². The van der Waals surface area contributed by atoms with E-state index in [1.807, 2.05) is 7.05 Å². The number of rotatable bonds is 6. The Labute approximate surface area is 201 Å². The first-order valence-electron chi connectivity index (χ1n) is 10.4. The Hall–Kier alpha value is -3.12. The van der Waals surface area contributed by atoms with Crippen molar-refractivity contribution >= 4 is 21.4 Å². The van der Waals surface area contributed by atoms with Crippen molar-refractivity contribution in [2.45, 2.75) is 10.3 Å². The molecule has 0 radical (unpaired) electrons. The van der Waals surface area contributed by atoms with Crippen LogP contribution in [-0.4, -0.2) is 86.9 Å². The van der Waals surface area contributed by atoms with Gasteiger partial charge in [-0.25, -0.2) is 13.0 Å². The van der Waals surface area contributed by atoms with Gasteiger partial charge >= 0.3 is 6.01 Å². The summed E-state index contributed by atoms with van der Waals surface area (Å²) in [5, 5.41) is 38.2. The number of benzene rings is 2. The normalized spacial score (nSPS) is 16.4. The van der Waals surface area contributed by atoms with Crippen molar-refractivity contribution in [2.75, 3.05) is 33.2 Å². The Morgan fingerprint density at radius 3 is 2.38 bits per heavy atom. The fourth-order valence-electron chi connectivity index (χ4n) is 3.95. The van der Waals surface area contributed by atoms with E-state index in [2.05, 4.69) is 21.7 Å². The van der Waals surface area contributed by atoms with E-state index in [4.69, 9.17) is 11.6 Å².